The van der Waals surface area contributed by atoms with Gasteiger partial charge in [-0.1, -0.05) is 6.07 Å². The van der Waals surface area contributed by atoms with Crippen molar-refractivity contribution in [1.82, 2.24) is 20.6 Å². The molecule has 0 saturated heterocycles. The molecular formula is C13H16N4O2S. The second kappa shape index (κ2) is 6.85. The van der Waals surface area contributed by atoms with Crippen LogP contribution in [0.15, 0.2) is 30.0 Å². The Labute approximate surface area is 120 Å². The van der Waals surface area contributed by atoms with E-state index in [9.17, 15) is 9.59 Å². The zero-order valence-corrected chi connectivity index (χ0v) is 11.9. The van der Waals surface area contributed by atoms with E-state index in [0.29, 0.717) is 17.8 Å². The van der Waals surface area contributed by atoms with Crippen molar-refractivity contribution in [2.45, 2.75) is 19.4 Å². The van der Waals surface area contributed by atoms with Gasteiger partial charge in [0.05, 0.1) is 11.2 Å². The molecule has 0 fully saturated rings. The second-order valence-corrected chi connectivity index (χ2v) is 5.24. The Kier molecular flexibility index (Phi) is 4.89. The van der Waals surface area contributed by atoms with Crippen LogP contribution in [0, 0.1) is 0 Å². The fourth-order valence-corrected chi connectivity index (χ4v) is 2.26. The van der Waals surface area contributed by atoms with Gasteiger partial charge in [0, 0.05) is 24.9 Å². The molecule has 0 aliphatic carbocycles. The SMILES string of the molecule is CC(NC(=O)c1cccs1)C(=O)NCCc1cnc[nH]1. The summed E-state index contributed by atoms with van der Waals surface area (Å²) in [5.74, 6) is -0.425. The maximum Gasteiger partial charge on any atom is 0.261 e. The highest BCUT2D eigenvalue weighted by Crippen LogP contribution is 2.08. The molecule has 0 aliphatic heterocycles. The van der Waals surface area contributed by atoms with Crippen molar-refractivity contribution in [3.63, 3.8) is 0 Å². The molecule has 1 atom stereocenters. The fraction of sp³-hybridized carbons (Fsp3) is 0.308. The normalized spacial score (nSPS) is 11.8. The first-order chi connectivity index (χ1) is 9.66. The highest BCUT2D eigenvalue weighted by atomic mass is 32.1. The molecule has 2 aromatic heterocycles. The lowest BCUT2D eigenvalue weighted by Crippen LogP contribution is -2.45. The molecule has 0 spiro atoms. The predicted molar refractivity (Wildman–Crippen MR) is 76.5 cm³/mol. The van der Waals surface area contributed by atoms with Crippen molar-refractivity contribution in [2.24, 2.45) is 0 Å². The van der Waals surface area contributed by atoms with E-state index >= 15 is 0 Å². The molecule has 2 heterocycles. The summed E-state index contributed by atoms with van der Waals surface area (Å²) in [6.45, 7) is 2.16. The maximum atomic E-state index is 11.8. The largest absolute Gasteiger partial charge is 0.354 e. The lowest BCUT2D eigenvalue weighted by Gasteiger charge is -2.13. The van der Waals surface area contributed by atoms with Gasteiger partial charge in [-0.15, -0.1) is 11.3 Å². The third kappa shape index (κ3) is 3.92. The first-order valence-corrected chi connectivity index (χ1v) is 7.14. The van der Waals surface area contributed by atoms with Crippen molar-refractivity contribution in [1.29, 1.82) is 0 Å². The number of carbonyl (C=O) groups is 2. The molecule has 20 heavy (non-hydrogen) atoms. The van der Waals surface area contributed by atoms with Crippen LogP contribution >= 0.6 is 11.3 Å². The number of nitrogens with zero attached hydrogens (tertiary/aromatic N) is 1. The summed E-state index contributed by atoms with van der Waals surface area (Å²) in [6.07, 6.45) is 3.99. The lowest BCUT2D eigenvalue weighted by molar-refractivity contribution is -0.122. The zero-order chi connectivity index (χ0) is 14.4. The first-order valence-electron chi connectivity index (χ1n) is 6.26. The molecule has 2 amide bonds. The van der Waals surface area contributed by atoms with Gasteiger partial charge in [-0.3, -0.25) is 9.59 Å². The second-order valence-electron chi connectivity index (χ2n) is 4.29. The van der Waals surface area contributed by atoms with E-state index in [-0.39, 0.29) is 11.8 Å². The number of nitrogens with one attached hydrogen (secondary N) is 3. The van der Waals surface area contributed by atoms with E-state index < -0.39 is 6.04 Å². The molecular weight excluding hydrogens is 276 g/mol. The Morgan fingerprint density at radius 3 is 3.00 bits per heavy atom. The molecule has 2 rings (SSSR count). The van der Waals surface area contributed by atoms with E-state index in [0.717, 1.165) is 5.69 Å². The number of hydrogen-bond acceptors (Lipinski definition) is 4. The molecule has 0 aliphatic rings. The van der Waals surface area contributed by atoms with Crippen LogP contribution < -0.4 is 10.6 Å². The minimum Gasteiger partial charge on any atom is -0.354 e. The highest BCUT2D eigenvalue weighted by Gasteiger charge is 2.16. The summed E-state index contributed by atoms with van der Waals surface area (Å²) in [4.78, 5) is 31.1. The lowest BCUT2D eigenvalue weighted by atomic mass is 10.2. The Morgan fingerprint density at radius 1 is 1.50 bits per heavy atom. The summed E-state index contributed by atoms with van der Waals surface area (Å²) >= 11 is 1.35. The van der Waals surface area contributed by atoms with Gasteiger partial charge in [0.25, 0.3) is 5.91 Å². The van der Waals surface area contributed by atoms with Crippen LogP contribution in [-0.2, 0) is 11.2 Å². The van der Waals surface area contributed by atoms with Crippen LogP contribution in [-0.4, -0.2) is 34.4 Å². The van der Waals surface area contributed by atoms with E-state index in [1.54, 1.807) is 31.6 Å². The molecule has 6 nitrogen and oxygen atoms in total. The first kappa shape index (κ1) is 14.3. The average molecular weight is 292 g/mol. The topological polar surface area (TPSA) is 86.9 Å². The number of rotatable bonds is 6. The van der Waals surface area contributed by atoms with E-state index in [1.807, 2.05) is 5.38 Å². The van der Waals surface area contributed by atoms with Crippen LogP contribution in [0.25, 0.3) is 0 Å². The molecule has 1 unspecified atom stereocenters. The van der Waals surface area contributed by atoms with Crippen LogP contribution in [0.4, 0.5) is 0 Å². The van der Waals surface area contributed by atoms with Gasteiger partial charge < -0.3 is 15.6 Å². The minimum atomic E-state index is -0.564. The van der Waals surface area contributed by atoms with Crippen LogP contribution in [0.5, 0.6) is 0 Å². The Bertz CT molecular complexity index is 551. The zero-order valence-electron chi connectivity index (χ0n) is 11.1. The summed E-state index contributed by atoms with van der Waals surface area (Å²) in [5, 5.41) is 7.26. The number of aromatic amines is 1. The smallest absolute Gasteiger partial charge is 0.261 e. The Morgan fingerprint density at radius 2 is 2.35 bits per heavy atom. The van der Waals surface area contributed by atoms with Gasteiger partial charge in [-0.05, 0) is 18.4 Å². The molecule has 7 heteroatoms. The van der Waals surface area contributed by atoms with Gasteiger partial charge in [-0.25, -0.2) is 4.98 Å². The van der Waals surface area contributed by atoms with Crippen LogP contribution in [0.3, 0.4) is 0 Å². The number of H-pyrrole nitrogens is 1. The Balaban J connectivity index is 1.73. The maximum absolute atomic E-state index is 11.8. The number of hydrogen-bond donors (Lipinski definition) is 3. The monoisotopic (exact) mass is 292 g/mol. The minimum absolute atomic E-state index is 0.200. The molecule has 0 aromatic carbocycles. The molecule has 0 radical (unpaired) electrons. The predicted octanol–water partition coefficient (Wildman–Crippen LogP) is 0.948. The molecule has 3 N–H and O–H groups in total. The van der Waals surface area contributed by atoms with Crippen molar-refractivity contribution < 1.29 is 9.59 Å². The van der Waals surface area contributed by atoms with Crippen LogP contribution in [0.1, 0.15) is 22.3 Å². The number of carbonyl (C=O) groups excluding carboxylic acids is 2. The van der Waals surface area contributed by atoms with Crippen LogP contribution in [0.2, 0.25) is 0 Å². The quantitative estimate of drug-likeness (QED) is 0.741. The third-order valence-corrected chi connectivity index (χ3v) is 3.60. The highest BCUT2D eigenvalue weighted by molar-refractivity contribution is 7.12. The summed E-state index contributed by atoms with van der Waals surface area (Å²) in [5.41, 5.74) is 0.959. The molecule has 0 saturated carbocycles. The van der Waals surface area contributed by atoms with Gasteiger partial charge in [0.15, 0.2) is 0 Å². The van der Waals surface area contributed by atoms with Gasteiger partial charge in [-0.2, -0.15) is 0 Å². The Hall–Kier alpha value is -2.15. The van der Waals surface area contributed by atoms with E-state index in [4.69, 9.17) is 0 Å². The van der Waals surface area contributed by atoms with Crippen molar-refractivity contribution >= 4 is 23.2 Å². The van der Waals surface area contributed by atoms with E-state index in [2.05, 4.69) is 20.6 Å². The van der Waals surface area contributed by atoms with Crippen molar-refractivity contribution in [2.75, 3.05) is 6.54 Å². The fourth-order valence-electron chi connectivity index (χ4n) is 1.64. The summed E-state index contributed by atoms with van der Waals surface area (Å²) < 4.78 is 0. The van der Waals surface area contributed by atoms with Gasteiger partial charge >= 0.3 is 0 Å². The van der Waals surface area contributed by atoms with Gasteiger partial charge in [0.1, 0.15) is 6.04 Å². The number of aromatic nitrogens is 2. The molecule has 0 bridgehead atoms. The molecule has 2 aromatic rings. The molecule has 106 valence electrons. The summed E-state index contributed by atoms with van der Waals surface area (Å²) in [7, 11) is 0. The number of amides is 2. The van der Waals surface area contributed by atoms with Crippen molar-refractivity contribution in [3.05, 3.63) is 40.6 Å². The van der Waals surface area contributed by atoms with Gasteiger partial charge in [0.2, 0.25) is 5.91 Å². The standard InChI is InChI=1S/C13H16N4O2S/c1-9(17-13(19)11-3-2-6-20-11)12(18)15-5-4-10-7-14-8-16-10/h2-3,6-9H,4-5H2,1H3,(H,14,16)(H,15,18)(H,17,19). The number of thiophene rings is 1. The number of imidazole rings is 1. The third-order valence-electron chi connectivity index (χ3n) is 2.73. The summed E-state index contributed by atoms with van der Waals surface area (Å²) in [6, 6.07) is 2.96. The van der Waals surface area contributed by atoms with Crippen molar-refractivity contribution in [3.8, 4) is 0 Å². The van der Waals surface area contributed by atoms with E-state index in [1.165, 1.54) is 11.3 Å². The average Bonchev–Trinajstić information content (AvgIpc) is 3.11.